The number of carbonyl (C=O) groups is 2. The number of esters is 2. The molecule has 1 aliphatic heterocycles. The van der Waals surface area contributed by atoms with Crippen molar-refractivity contribution in [2.24, 2.45) is 4.99 Å². The molecule has 0 radical (unpaired) electrons. The third kappa shape index (κ3) is 2.99. The van der Waals surface area contributed by atoms with Crippen molar-refractivity contribution in [3.63, 3.8) is 0 Å². The van der Waals surface area contributed by atoms with Crippen LogP contribution >= 0.6 is 0 Å². The van der Waals surface area contributed by atoms with Gasteiger partial charge in [-0.25, -0.2) is 14.6 Å². The maximum atomic E-state index is 12.3. The van der Waals surface area contributed by atoms with Crippen LogP contribution in [0, 0.1) is 0 Å². The average Bonchev–Trinajstić information content (AvgIpc) is 2.91. The van der Waals surface area contributed by atoms with Gasteiger partial charge in [0.25, 0.3) is 5.54 Å². The van der Waals surface area contributed by atoms with Gasteiger partial charge in [-0.05, 0) is 24.6 Å². The molecule has 0 unspecified atom stereocenters. The van der Waals surface area contributed by atoms with Gasteiger partial charge in [-0.3, -0.25) is 0 Å². The summed E-state index contributed by atoms with van der Waals surface area (Å²) in [6.45, 7) is 1.48. The summed E-state index contributed by atoms with van der Waals surface area (Å²) in [5, 5.41) is 0. The topological polar surface area (TPSA) is 65.0 Å². The third-order valence-corrected chi connectivity index (χ3v) is 3.54. The van der Waals surface area contributed by atoms with Crippen LogP contribution < -0.4 is 0 Å². The highest BCUT2D eigenvalue weighted by atomic mass is 16.6. The quantitative estimate of drug-likeness (QED) is 0.643. The summed E-state index contributed by atoms with van der Waals surface area (Å²) in [5.74, 6) is -1.32. The smallest absolute Gasteiger partial charge is 0.352 e. The predicted octanol–water partition coefficient (Wildman–Crippen LogP) is 2.49. The second-order valence-corrected chi connectivity index (χ2v) is 5.31. The molecule has 2 aromatic rings. The van der Waals surface area contributed by atoms with E-state index in [4.69, 9.17) is 9.47 Å². The molecule has 5 nitrogen and oxygen atoms in total. The van der Waals surface area contributed by atoms with E-state index in [1.807, 2.05) is 36.4 Å². The molecule has 0 amide bonds. The molecule has 5 heteroatoms. The molecule has 3 rings (SSSR count). The Bertz CT molecular complexity index is 755. The number of benzene rings is 2. The van der Waals surface area contributed by atoms with Gasteiger partial charge in [0.1, 0.15) is 6.61 Å². The molecular formula is C18H15NO4. The number of cyclic esters (lactones) is 1. The fourth-order valence-corrected chi connectivity index (χ4v) is 2.16. The number of nitrogens with zero attached hydrogens (tertiary/aromatic N) is 1. The van der Waals surface area contributed by atoms with Crippen LogP contribution in [0.25, 0.3) is 0 Å². The number of ether oxygens (including phenoxy) is 2. The van der Waals surface area contributed by atoms with Crippen LogP contribution in [0.5, 0.6) is 0 Å². The highest BCUT2D eigenvalue weighted by Gasteiger charge is 2.50. The lowest BCUT2D eigenvalue weighted by molar-refractivity contribution is -0.158. The summed E-state index contributed by atoms with van der Waals surface area (Å²) in [6.07, 6.45) is 0. The van der Waals surface area contributed by atoms with Gasteiger partial charge in [0, 0.05) is 5.56 Å². The monoisotopic (exact) mass is 309 g/mol. The lowest BCUT2D eigenvalue weighted by Gasteiger charge is -2.14. The Balaban J connectivity index is 1.76. The largest absolute Gasteiger partial charge is 0.459 e. The molecule has 2 aromatic carbocycles. The normalized spacial score (nSPS) is 19.9. The van der Waals surface area contributed by atoms with Crippen molar-refractivity contribution in [1.29, 1.82) is 0 Å². The fourth-order valence-electron chi connectivity index (χ4n) is 2.16. The molecule has 0 spiro atoms. The lowest BCUT2D eigenvalue weighted by Crippen LogP contribution is -2.40. The minimum Gasteiger partial charge on any atom is -0.459 e. The molecule has 0 fully saturated rings. The standard InChI is InChI=1S/C18H15NO4/c1-18(16(20)22-12-13-8-4-2-5-9-13)17(21)23-15(19-18)14-10-6-3-7-11-14/h2-11H,12H2,1H3/t18-/m1/s1. The Morgan fingerprint density at radius 1 is 1.09 bits per heavy atom. The van der Waals surface area contributed by atoms with Crippen molar-refractivity contribution in [3.8, 4) is 0 Å². The Morgan fingerprint density at radius 2 is 1.70 bits per heavy atom. The molecule has 0 saturated carbocycles. The van der Waals surface area contributed by atoms with Gasteiger partial charge in [0.15, 0.2) is 0 Å². The Kier molecular flexibility index (Phi) is 3.93. The molecule has 0 bridgehead atoms. The van der Waals surface area contributed by atoms with Gasteiger partial charge in [-0.15, -0.1) is 0 Å². The highest BCUT2D eigenvalue weighted by Crippen LogP contribution is 2.25. The fraction of sp³-hybridized carbons (Fsp3) is 0.167. The number of rotatable bonds is 4. The van der Waals surface area contributed by atoms with E-state index in [9.17, 15) is 9.59 Å². The summed E-state index contributed by atoms with van der Waals surface area (Å²) in [4.78, 5) is 28.5. The first-order valence-corrected chi connectivity index (χ1v) is 7.18. The second kappa shape index (κ2) is 6.04. The van der Waals surface area contributed by atoms with Crippen LogP contribution in [-0.2, 0) is 25.7 Å². The van der Waals surface area contributed by atoms with Crippen molar-refractivity contribution >= 4 is 17.8 Å². The van der Waals surface area contributed by atoms with E-state index in [1.54, 1.807) is 24.3 Å². The van der Waals surface area contributed by atoms with Crippen LogP contribution in [-0.4, -0.2) is 23.4 Å². The zero-order valence-corrected chi connectivity index (χ0v) is 12.6. The second-order valence-electron chi connectivity index (χ2n) is 5.31. The van der Waals surface area contributed by atoms with Crippen molar-refractivity contribution in [2.45, 2.75) is 19.1 Å². The van der Waals surface area contributed by atoms with Crippen molar-refractivity contribution in [3.05, 3.63) is 71.8 Å². The van der Waals surface area contributed by atoms with E-state index in [-0.39, 0.29) is 12.5 Å². The zero-order chi connectivity index (χ0) is 16.3. The molecule has 0 aromatic heterocycles. The summed E-state index contributed by atoms with van der Waals surface area (Å²) < 4.78 is 10.4. The summed E-state index contributed by atoms with van der Waals surface area (Å²) in [5.41, 5.74) is -0.191. The number of aliphatic imine (C=N–C) groups is 1. The SMILES string of the molecule is C[C@]1(C(=O)OCc2ccccc2)N=C(c2ccccc2)OC1=O. The summed E-state index contributed by atoms with van der Waals surface area (Å²) >= 11 is 0. The third-order valence-electron chi connectivity index (χ3n) is 3.54. The molecule has 23 heavy (non-hydrogen) atoms. The maximum absolute atomic E-state index is 12.3. The van der Waals surface area contributed by atoms with Gasteiger partial charge in [0.2, 0.25) is 5.90 Å². The number of hydrogen-bond donors (Lipinski definition) is 0. The van der Waals surface area contributed by atoms with E-state index < -0.39 is 17.5 Å². The molecule has 0 N–H and O–H groups in total. The first kappa shape index (κ1) is 15.0. The molecular weight excluding hydrogens is 294 g/mol. The molecule has 116 valence electrons. The molecule has 0 aliphatic carbocycles. The van der Waals surface area contributed by atoms with Gasteiger partial charge >= 0.3 is 11.9 Å². The van der Waals surface area contributed by atoms with Crippen LogP contribution in [0.1, 0.15) is 18.1 Å². The predicted molar refractivity (Wildman–Crippen MR) is 83.7 cm³/mol. The maximum Gasteiger partial charge on any atom is 0.352 e. The van der Waals surface area contributed by atoms with E-state index in [2.05, 4.69) is 4.99 Å². The van der Waals surface area contributed by atoms with Gasteiger partial charge in [-0.2, -0.15) is 0 Å². The average molecular weight is 309 g/mol. The van der Waals surface area contributed by atoms with Crippen molar-refractivity contribution in [1.82, 2.24) is 0 Å². The van der Waals surface area contributed by atoms with Crippen LogP contribution in [0.4, 0.5) is 0 Å². The van der Waals surface area contributed by atoms with E-state index >= 15 is 0 Å². The molecule has 1 atom stereocenters. The molecule has 0 saturated heterocycles. The number of hydrogen-bond acceptors (Lipinski definition) is 5. The van der Waals surface area contributed by atoms with E-state index in [1.165, 1.54) is 6.92 Å². The molecule has 1 heterocycles. The van der Waals surface area contributed by atoms with Gasteiger partial charge in [0.05, 0.1) is 0 Å². The van der Waals surface area contributed by atoms with Crippen LogP contribution in [0.15, 0.2) is 65.7 Å². The van der Waals surface area contributed by atoms with Crippen molar-refractivity contribution < 1.29 is 19.1 Å². The molecule has 1 aliphatic rings. The van der Waals surface area contributed by atoms with E-state index in [0.717, 1.165) is 5.56 Å². The Morgan fingerprint density at radius 3 is 2.35 bits per heavy atom. The van der Waals surface area contributed by atoms with Crippen LogP contribution in [0.3, 0.4) is 0 Å². The summed E-state index contributed by atoms with van der Waals surface area (Å²) in [6, 6.07) is 18.2. The zero-order valence-electron chi connectivity index (χ0n) is 12.6. The van der Waals surface area contributed by atoms with Crippen molar-refractivity contribution in [2.75, 3.05) is 0 Å². The Hall–Kier alpha value is -2.95. The minimum atomic E-state index is -1.67. The summed E-state index contributed by atoms with van der Waals surface area (Å²) in [7, 11) is 0. The first-order chi connectivity index (χ1) is 11.1. The van der Waals surface area contributed by atoms with Gasteiger partial charge < -0.3 is 9.47 Å². The first-order valence-electron chi connectivity index (χ1n) is 7.18. The highest BCUT2D eigenvalue weighted by molar-refractivity contribution is 6.16. The Labute approximate surface area is 133 Å². The lowest BCUT2D eigenvalue weighted by atomic mass is 10.1. The van der Waals surface area contributed by atoms with Crippen LogP contribution in [0.2, 0.25) is 0 Å². The van der Waals surface area contributed by atoms with Gasteiger partial charge in [-0.1, -0.05) is 48.5 Å². The minimum absolute atomic E-state index is 0.0821. The number of carbonyl (C=O) groups excluding carboxylic acids is 2. The van der Waals surface area contributed by atoms with E-state index in [0.29, 0.717) is 5.56 Å².